The Balaban J connectivity index is 1.13. The molecule has 2 atom stereocenters. The molecule has 1 aliphatic carbocycles. The molecule has 0 bridgehead atoms. The summed E-state index contributed by atoms with van der Waals surface area (Å²) in [5.41, 5.74) is 4.47. The number of alkyl carbamates (subject to hydrolysis) is 1. The zero-order chi connectivity index (χ0) is 26.7. The van der Waals surface area contributed by atoms with Crippen LogP contribution in [-0.2, 0) is 14.3 Å². The van der Waals surface area contributed by atoms with E-state index in [1.165, 1.54) is 18.6 Å². The molecular formula is C29H36N2O5S2. The largest absolute Gasteiger partial charge is 0.480 e. The Morgan fingerprint density at radius 1 is 0.974 bits per heavy atom. The molecule has 0 saturated carbocycles. The van der Waals surface area contributed by atoms with Gasteiger partial charge in [0.2, 0.25) is 5.91 Å². The molecule has 1 aliphatic heterocycles. The minimum absolute atomic E-state index is 0.0463. The summed E-state index contributed by atoms with van der Waals surface area (Å²) < 4.78 is 5.49. The van der Waals surface area contributed by atoms with Crippen molar-refractivity contribution in [2.75, 3.05) is 18.9 Å². The number of amides is 2. The molecule has 2 aromatic carbocycles. The Kier molecular flexibility index (Phi) is 10.8. The lowest BCUT2D eigenvalue weighted by molar-refractivity contribution is -0.139. The van der Waals surface area contributed by atoms with Crippen LogP contribution in [0.25, 0.3) is 11.1 Å². The average molecular weight is 557 g/mol. The SMILES string of the molecule is O=C(CCCC[C@@H]1CCSS1)NCCCC[C@H](NC(=O)OCC1c2ccccc2-c2ccccc21)C(=O)O. The highest BCUT2D eigenvalue weighted by Crippen LogP contribution is 2.44. The van der Waals surface area contributed by atoms with Crippen LogP contribution >= 0.6 is 21.6 Å². The Morgan fingerprint density at radius 2 is 1.68 bits per heavy atom. The maximum atomic E-state index is 12.5. The summed E-state index contributed by atoms with van der Waals surface area (Å²) in [5.74, 6) is 0.103. The fourth-order valence-electron chi connectivity index (χ4n) is 5.05. The van der Waals surface area contributed by atoms with Gasteiger partial charge in [0.05, 0.1) is 0 Å². The molecule has 1 fully saturated rings. The maximum absolute atomic E-state index is 12.5. The molecule has 2 aliphatic rings. The van der Waals surface area contributed by atoms with E-state index in [-0.39, 0.29) is 24.9 Å². The molecule has 9 heteroatoms. The highest BCUT2D eigenvalue weighted by molar-refractivity contribution is 8.77. The van der Waals surface area contributed by atoms with Gasteiger partial charge in [-0.05, 0) is 60.8 Å². The van der Waals surface area contributed by atoms with E-state index in [0.29, 0.717) is 25.8 Å². The highest BCUT2D eigenvalue weighted by atomic mass is 33.1. The van der Waals surface area contributed by atoms with Gasteiger partial charge in [-0.15, -0.1) is 0 Å². The normalized spacial score (nSPS) is 16.9. The first kappa shape index (κ1) is 28.4. The summed E-state index contributed by atoms with van der Waals surface area (Å²) in [4.78, 5) is 36.2. The number of fused-ring (bicyclic) bond motifs is 3. The number of hydrogen-bond donors (Lipinski definition) is 3. The zero-order valence-corrected chi connectivity index (χ0v) is 23.2. The number of rotatable bonds is 14. The number of carboxylic acids is 1. The molecule has 4 rings (SSSR count). The van der Waals surface area contributed by atoms with Gasteiger partial charge in [0.25, 0.3) is 0 Å². The maximum Gasteiger partial charge on any atom is 0.407 e. The van der Waals surface area contributed by atoms with Crippen molar-refractivity contribution in [2.45, 2.75) is 68.6 Å². The molecule has 0 aromatic heterocycles. The second-order valence-corrected chi connectivity index (χ2v) is 12.6. The van der Waals surface area contributed by atoms with Crippen LogP contribution < -0.4 is 10.6 Å². The minimum atomic E-state index is -1.10. The quantitative estimate of drug-likeness (QED) is 0.194. The Hall–Kier alpha value is -2.65. The van der Waals surface area contributed by atoms with E-state index in [0.717, 1.165) is 40.3 Å². The van der Waals surface area contributed by atoms with E-state index in [9.17, 15) is 19.5 Å². The molecule has 0 spiro atoms. The fourth-order valence-corrected chi connectivity index (χ4v) is 8.08. The standard InChI is InChI=1S/C29H36N2O5S2/c32-27(15-6-1-9-20-16-18-37-38-20)30-17-8-7-14-26(28(33)34)31-29(35)36-19-25-23-12-4-2-10-21(23)22-11-3-5-13-24(22)25/h2-5,10-13,20,25-26H,1,6-9,14-19H2,(H,30,32)(H,31,35)(H,33,34)/t20-,26+/m1/s1. The van der Waals surface area contributed by atoms with E-state index in [4.69, 9.17) is 4.74 Å². The summed E-state index contributed by atoms with van der Waals surface area (Å²) in [5, 5.41) is 15.7. The third kappa shape index (κ3) is 7.93. The topological polar surface area (TPSA) is 105 Å². The van der Waals surface area contributed by atoms with Crippen LogP contribution in [0.4, 0.5) is 4.79 Å². The van der Waals surface area contributed by atoms with Crippen LogP contribution in [-0.4, -0.2) is 53.3 Å². The molecule has 38 heavy (non-hydrogen) atoms. The van der Waals surface area contributed by atoms with E-state index in [1.54, 1.807) is 0 Å². The van der Waals surface area contributed by atoms with Crippen LogP contribution in [0.15, 0.2) is 48.5 Å². The van der Waals surface area contributed by atoms with Crippen LogP contribution in [0.2, 0.25) is 0 Å². The highest BCUT2D eigenvalue weighted by Gasteiger charge is 2.29. The summed E-state index contributed by atoms with van der Waals surface area (Å²) in [6, 6.07) is 15.1. The summed E-state index contributed by atoms with van der Waals surface area (Å²) in [7, 11) is 3.91. The molecule has 3 N–H and O–H groups in total. The monoisotopic (exact) mass is 556 g/mol. The second kappa shape index (κ2) is 14.5. The number of aliphatic carboxylic acids is 1. The van der Waals surface area contributed by atoms with Crippen LogP contribution in [0.1, 0.15) is 68.4 Å². The number of ether oxygens (including phenoxy) is 1. The van der Waals surface area contributed by atoms with Crippen molar-refractivity contribution < 1.29 is 24.2 Å². The van der Waals surface area contributed by atoms with Gasteiger partial charge in [0.1, 0.15) is 12.6 Å². The van der Waals surface area contributed by atoms with E-state index >= 15 is 0 Å². The van der Waals surface area contributed by atoms with E-state index < -0.39 is 18.1 Å². The Bertz CT molecular complexity index is 1060. The van der Waals surface area contributed by atoms with Gasteiger partial charge in [-0.1, -0.05) is 76.5 Å². The van der Waals surface area contributed by atoms with Crippen molar-refractivity contribution in [3.8, 4) is 11.1 Å². The lowest BCUT2D eigenvalue weighted by atomic mass is 9.98. The average Bonchev–Trinajstić information content (AvgIpc) is 3.55. The fraction of sp³-hybridized carbons (Fsp3) is 0.483. The first-order valence-electron chi connectivity index (χ1n) is 13.4. The number of carboxylic acid groups (broad SMARTS) is 1. The number of nitrogens with one attached hydrogen (secondary N) is 2. The van der Waals surface area contributed by atoms with Crippen LogP contribution in [0.5, 0.6) is 0 Å². The van der Waals surface area contributed by atoms with Gasteiger partial charge < -0.3 is 20.5 Å². The first-order chi connectivity index (χ1) is 18.5. The van der Waals surface area contributed by atoms with Crippen molar-refractivity contribution >= 4 is 39.6 Å². The van der Waals surface area contributed by atoms with Crippen molar-refractivity contribution in [3.63, 3.8) is 0 Å². The van der Waals surface area contributed by atoms with Crippen molar-refractivity contribution in [3.05, 3.63) is 59.7 Å². The van der Waals surface area contributed by atoms with E-state index in [1.807, 2.05) is 58.0 Å². The number of unbranched alkanes of at least 4 members (excludes halogenated alkanes) is 2. The molecule has 2 amide bonds. The molecule has 7 nitrogen and oxygen atoms in total. The van der Waals surface area contributed by atoms with Gasteiger partial charge >= 0.3 is 12.1 Å². The molecule has 204 valence electrons. The molecule has 1 heterocycles. The Morgan fingerprint density at radius 3 is 2.34 bits per heavy atom. The molecular weight excluding hydrogens is 520 g/mol. The predicted molar refractivity (Wildman–Crippen MR) is 153 cm³/mol. The minimum Gasteiger partial charge on any atom is -0.480 e. The van der Waals surface area contributed by atoms with Crippen LogP contribution in [0.3, 0.4) is 0 Å². The van der Waals surface area contributed by atoms with Gasteiger partial charge in [-0.2, -0.15) is 0 Å². The van der Waals surface area contributed by atoms with Crippen molar-refractivity contribution in [1.29, 1.82) is 0 Å². The van der Waals surface area contributed by atoms with Crippen molar-refractivity contribution in [2.24, 2.45) is 0 Å². The second-order valence-electron chi connectivity index (χ2n) is 9.78. The zero-order valence-electron chi connectivity index (χ0n) is 21.5. The van der Waals surface area contributed by atoms with Gasteiger partial charge in [0, 0.05) is 29.9 Å². The summed E-state index contributed by atoms with van der Waals surface area (Å²) in [6.45, 7) is 0.641. The molecule has 0 radical (unpaired) electrons. The lowest BCUT2D eigenvalue weighted by Crippen LogP contribution is -2.41. The first-order valence-corrected chi connectivity index (χ1v) is 15.8. The van der Waals surface area contributed by atoms with E-state index in [2.05, 4.69) is 22.8 Å². The number of hydrogen-bond acceptors (Lipinski definition) is 6. The predicted octanol–water partition coefficient (Wildman–Crippen LogP) is 5.98. The molecule has 2 aromatic rings. The van der Waals surface area contributed by atoms with Gasteiger partial charge in [-0.25, -0.2) is 9.59 Å². The third-order valence-electron chi connectivity index (χ3n) is 7.08. The number of benzene rings is 2. The molecule has 0 unspecified atom stereocenters. The Labute approximate surface area is 232 Å². The number of carbonyl (C=O) groups is 3. The van der Waals surface area contributed by atoms with Gasteiger partial charge in [-0.3, -0.25) is 4.79 Å². The summed E-state index contributed by atoms with van der Waals surface area (Å²) >= 11 is 0. The summed E-state index contributed by atoms with van der Waals surface area (Å²) in [6.07, 6.45) is 5.72. The van der Waals surface area contributed by atoms with Crippen molar-refractivity contribution in [1.82, 2.24) is 10.6 Å². The van der Waals surface area contributed by atoms with Crippen LogP contribution in [0, 0.1) is 0 Å². The van der Waals surface area contributed by atoms with Gasteiger partial charge in [0.15, 0.2) is 0 Å². The number of carbonyl (C=O) groups excluding carboxylic acids is 2. The smallest absolute Gasteiger partial charge is 0.407 e. The third-order valence-corrected chi connectivity index (χ3v) is 10.1. The molecule has 1 saturated heterocycles. The lowest BCUT2D eigenvalue weighted by Gasteiger charge is -2.17.